The largest absolute Gasteiger partial charge is 0.335 e. The predicted molar refractivity (Wildman–Crippen MR) is 80.3 cm³/mol. The minimum atomic E-state index is -0.164. The SMILES string of the molecule is CC1(C(=O)N2CCCC2c2ccccc2)CCNCC1. The van der Waals surface area contributed by atoms with Gasteiger partial charge in [0, 0.05) is 12.0 Å². The average Bonchev–Trinajstić information content (AvgIpc) is 2.97. The molecular formula is C17H24N2O. The summed E-state index contributed by atoms with van der Waals surface area (Å²) in [6.07, 6.45) is 4.15. The molecule has 1 atom stereocenters. The second-order valence-electron chi connectivity index (χ2n) is 6.38. The summed E-state index contributed by atoms with van der Waals surface area (Å²) >= 11 is 0. The van der Waals surface area contributed by atoms with Crippen LogP contribution in [0.4, 0.5) is 0 Å². The van der Waals surface area contributed by atoms with E-state index in [-0.39, 0.29) is 11.5 Å². The topological polar surface area (TPSA) is 32.3 Å². The predicted octanol–water partition coefficient (Wildman–Crippen LogP) is 2.74. The van der Waals surface area contributed by atoms with Crippen molar-refractivity contribution in [1.82, 2.24) is 10.2 Å². The smallest absolute Gasteiger partial charge is 0.229 e. The van der Waals surface area contributed by atoms with Gasteiger partial charge in [0.1, 0.15) is 0 Å². The maximum absolute atomic E-state index is 13.0. The van der Waals surface area contributed by atoms with Crippen molar-refractivity contribution < 1.29 is 4.79 Å². The molecule has 2 aliphatic rings. The van der Waals surface area contributed by atoms with Crippen LogP contribution in [0.5, 0.6) is 0 Å². The normalized spacial score (nSPS) is 25.6. The van der Waals surface area contributed by atoms with Gasteiger partial charge in [-0.25, -0.2) is 0 Å². The Bertz CT molecular complexity index is 465. The highest BCUT2D eigenvalue weighted by Crippen LogP contribution is 2.38. The Morgan fingerprint density at radius 3 is 2.65 bits per heavy atom. The highest BCUT2D eigenvalue weighted by Gasteiger charge is 2.41. The lowest BCUT2D eigenvalue weighted by Gasteiger charge is -2.38. The number of likely N-dealkylation sites (tertiary alicyclic amines) is 1. The summed E-state index contributed by atoms with van der Waals surface area (Å²) in [5.74, 6) is 0.366. The fourth-order valence-corrected chi connectivity index (χ4v) is 3.57. The van der Waals surface area contributed by atoms with Crippen LogP contribution in [0.2, 0.25) is 0 Å². The van der Waals surface area contributed by atoms with E-state index in [2.05, 4.69) is 41.4 Å². The van der Waals surface area contributed by atoms with E-state index in [1.54, 1.807) is 0 Å². The third-order valence-electron chi connectivity index (χ3n) is 4.92. The number of benzene rings is 1. The molecule has 108 valence electrons. The third-order valence-corrected chi connectivity index (χ3v) is 4.92. The Kier molecular flexibility index (Phi) is 3.79. The molecule has 3 heteroatoms. The summed E-state index contributed by atoms with van der Waals surface area (Å²) in [6.45, 7) is 5.00. The summed E-state index contributed by atoms with van der Waals surface area (Å²) in [6, 6.07) is 10.8. The summed E-state index contributed by atoms with van der Waals surface area (Å²) < 4.78 is 0. The second-order valence-corrected chi connectivity index (χ2v) is 6.38. The Hall–Kier alpha value is -1.35. The molecule has 3 nitrogen and oxygen atoms in total. The van der Waals surface area contributed by atoms with Crippen LogP contribution in [0.25, 0.3) is 0 Å². The third kappa shape index (κ3) is 2.47. The zero-order chi connectivity index (χ0) is 14.0. The van der Waals surface area contributed by atoms with Crippen LogP contribution in [0.1, 0.15) is 44.2 Å². The highest BCUT2D eigenvalue weighted by molar-refractivity contribution is 5.83. The Labute approximate surface area is 121 Å². The Morgan fingerprint density at radius 1 is 1.25 bits per heavy atom. The minimum absolute atomic E-state index is 0.164. The molecule has 0 radical (unpaired) electrons. The molecule has 1 unspecified atom stereocenters. The number of piperidine rings is 1. The van der Waals surface area contributed by atoms with Crippen LogP contribution in [-0.2, 0) is 4.79 Å². The molecule has 2 fully saturated rings. The van der Waals surface area contributed by atoms with E-state index in [9.17, 15) is 4.79 Å². The summed E-state index contributed by atoms with van der Waals surface area (Å²) in [5, 5.41) is 3.36. The Balaban J connectivity index is 1.80. The van der Waals surface area contributed by atoms with Crippen molar-refractivity contribution in [3.8, 4) is 0 Å². The molecule has 2 saturated heterocycles. The molecule has 20 heavy (non-hydrogen) atoms. The quantitative estimate of drug-likeness (QED) is 0.898. The van der Waals surface area contributed by atoms with E-state index in [0.29, 0.717) is 5.91 Å². The van der Waals surface area contributed by atoms with E-state index < -0.39 is 0 Å². The van der Waals surface area contributed by atoms with Crippen LogP contribution in [0, 0.1) is 5.41 Å². The lowest BCUT2D eigenvalue weighted by molar-refractivity contribution is -0.143. The fourth-order valence-electron chi connectivity index (χ4n) is 3.57. The van der Waals surface area contributed by atoms with E-state index in [1.165, 1.54) is 5.56 Å². The molecule has 1 aromatic rings. The number of hydrogen-bond acceptors (Lipinski definition) is 2. The molecule has 1 amide bonds. The van der Waals surface area contributed by atoms with E-state index in [4.69, 9.17) is 0 Å². The standard InChI is InChI=1S/C17H24N2O/c1-17(9-11-18-12-10-17)16(20)19-13-5-8-15(19)14-6-3-2-4-7-14/h2-4,6-7,15,18H,5,8-13H2,1H3. The molecule has 3 rings (SSSR count). The van der Waals surface area contributed by atoms with Crippen molar-refractivity contribution in [3.63, 3.8) is 0 Å². The van der Waals surface area contributed by atoms with Crippen LogP contribution in [-0.4, -0.2) is 30.4 Å². The first-order valence-electron chi connectivity index (χ1n) is 7.77. The number of carbonyl (C=O) groups is 1. The van der Waals surface area contributed by atoms with E-state index in [0.717, 1.165) is 45.3 Å². The number of amides is 1. The summed E-state index contributed by atoms with van der Waals surface area (Å²) in [4.78, 5) is 15.1. The molecule has 0 spiro atoms. The van der Waals surface area contributed by atoms with Crippen LogP contribution in [0.3, 0.4) is 0 Å². The number of hydrogen-bond donors (Lipinski definition) is 1. The zero-order valence-electron chi connectivity index (χ0n) is 12.3. The van der Waals surface area contributed by atoms with Gasteiger partial charge >= 0.3 is 0 Å². The van der Waals surface area contributed by atoms with Gasteiger partial charge in [-0.2, -0.15) is 0 Å². The van der Waals surface area contributed by atoms with Gasteiger partial charge in [0.05, 0.1) is 6.04 Å². The molecule has 1 N–H and O–H groups in total. The fraction of sp³-hybridized carbons (Fsp3) is 0.588. The van der Waals surface area contributed by atoms with Gasteiger partial charge in [-0.3, -0.25) is 4.79 Å². The molecule has 2 aliphatic heterocycles. The molecule has 2 heterocycles. The Morgan fingerprint density at radius 2 is 1.95 bits per heavy atom. The molecule has 0 saturated carbocycles. The van der Waals surface area contributed by atoms with Crippen LogP contribution >= 0.6 is 0 Å². The molecule has 0 aliphatic carbocycles. The van der Waals surface area contributed by atoms with Crippen LogP contribution in [0.15, 0.2) is 30.3 Å². The van der Waals surface area contributed by atoms with Gasteiger partial charge in [-0.05, 0) is 44.3 Å². The number of nitrogens with zero attached hydrogens (tertiary/aromatic N) is 1. The summed E-state index contributed by atoms with van der Waals surface area (Å²) in [5.41, 5.74) is 1.12. The van der Waals surface area contributed by atoms with Gasteiger partial charge in [0.15, 0.2) is 0 Å². The van der Waals surface area contributed by atoms with Crippen molar-refractivity contribution in [2.45, 2.75) is 38.6 Å². The zero-order valence-corrected chi connectivity index (χ0v) is 12.3. The van der Waals surface area contributed by atoms with E-state index >= 15 is 0 Å². The average molecular weight is 272 g/mol. The lowest BCUT2D eigenvalue weighted by atomic mass is 9.79. The highest BCUT2D eigenvalue weighted by atomic mass is 16.2. The van der Waals surface area contributed by atoms with Gasteiger partial charge in [-0.1, -0.05) is 37.3 Å². The second kappa shape index (κ2) is 5.57. The van der Waals surface area contributed by atoms with Crippen molar-refractivity contribution >= 4 is 5.91 Å². The summed E-state index contributed by atoms with van der Waals surface area (Å²) in [7, 11) is 0. The molecule has 0 bridgehead atoms. The number of nitrogens with one attached hydrogen (secondary N) is 1. The van der Waals surface area contributed by atoms with Gasteiger partial charge in [0.2, 0.25) is 5.91 Å². The molecular weight excluding hydrogens is 248 g/mol. The molecule has 1 aromatic carbocycles. The number of rotatable bonds is 2. The first-order valence-corrected chi connectivity index (χ1v) is 7.77. The van der Waals surface area contributed by atoms with Crippen LogP contribution < -0.4 is 5.32 Å². The van der Waals surface area contributed by atoms with Crippen molar-refractivity contribution in [2.75, 3.05) is 19.6 Å². The lowest BCUT2D eigenvalue weighted by Crippen LogP contribution is -2.47. The van der Waals surface area contributed by atoms with Crippen molar-refractivity contribution in [2.24, 2.45) is 5.41 Å². The van der Waals surface area contributed by atoms with Gasteiger partial charge in [-0.15, -0.1) is 0 Å². The monoisotopic (exact) mass is 272 g/mol. The van der Waals surface area contributed by atoms with Gasteiger partial charge in [0.25, 0.3) is 0 Å². The molecule has 0 aromatic heterocycles. The minimum Gasteiger partial charge on any atom is -0.335 e. The maximum atomic E-state index is 13.0. The maximum Gasteiger partial charge on any atom is 0.229 e. The van der Waals surface area contributed by atoms with Crippen molar-refractivity contribution in [1.29, 1.82) is 0 Å². The van der Waals surface area contributed by atoms with Crippen molar-refractivity contribution in [3.05, 3.63) is 35.9 Å². The first kappa shape index (κ1) is 13.6. The first-order chi connectivity index (χ1) is 9.71. The number of carbonyl (C=O) groups excluding carboxylic acids is 1. The van der Waals surface area contributed by atoms with E-state index in [1.807, 2.05) is 6.07 Å². The van der Waals surface area contributed by atoms with Gasteiger partial charge < -0.3 is 10.2 Å².